The summed E-state index contributed by atoms with van der Waals surface area (Å²) in [5, 5.41) is 26.9. The van der Waals surface area contributed by atoms with Gasteiger partial charge in [0.15, 0.2) is 6.29 Å². The Morgan fingerprint density at radius 1 is 1.29 bits per heavy atom. The van der Waals surface area contributed by atoms with Gasteiger partial charge >= 0.3 is 0 Å². The van der Waals surface area contributed by atoms with Crippen LogP contribution in [0.4, 0.5) is 0 Å². The molecule has 0 bridgehead atoms. The summed E-state index contributed by atoms with van der Waals surface area (Å²) in [7, 11) is 0. The van der Waals surface area contributed by atoms with Crippen LogP contribution >= 0.6 is 11.3 Å². The smallest absolute Gasteiger partial charge is 0.188 e. The Hall–Kier alpha value is -1.04. The summed E-state index contributed by atoms with van der Waals surface area (Å²) in [6.45, 7) is 3.83. The van der Waals surface area contributed by atoms with Crippen LogP contribution in [0.1, 0.15) is 22.4 Å². The molecule has 0 aliphatic carbocycles. The molecule has 0 saturated heterocycles. The third-order valence-corrected chi connectivity index (χ3v) is 3.28. The average molecular weight is 210 g/mol. The minimum Gasteiger partial charge on any atom is -0.364 e. The highest BCUT2D eigenvalue weighted by Crippen LogP contribution is 2.29. The maximum absolute atomic E-state index is 9.00. The van der Waals surface area contributed by atoms with E-state index in [1.54, 1.807) is 6.07 Å². The van der Waals surface area contributed by atoms with E-state index in [0.717, 1.165) is 21.5 Å². The SMILES string of the molecule is Cc1nnc2sc(C(O)O)cc2c1C. The van der Waals surface area contributed by atoms with Crippen LogP contribution in [0.3, 0.4) is 0 Å². The molecule has 0 spiro atoms. The number of aliphatic hydroxyl groups is 2. The van der Waals surface area contributed by atoms with E-state index in [-0.39, 0.29) is 0 Å². The summed E-state index contributed by atoms with van der Waals surface area (Å²) in [4.78, 5) is 1.25. The second-order valence-electron chi connectivity index (χ2n) is 3.15. The Morgan fingerprint density at radius 3 is 2.64 bits per heavy atom. The molecule has 0 unspecified atom stereocenters. The largest absolute Gasteiger partial charge is 0.364 e. The van der Waals surface area contributed by atoms with Gasteiger partial charge in [0.2, 0.25) is 0 Å². The van der Waals surface area contributed by atoms with Gasteiger partial charge in [0.1, 0.15) is 4.83 Å². The van der Waals surface area contributed by atoms with E-state index >= 15 is 0 Å². The Labute approximate surface area is 84.8 Å². The van der Waals surface area contributed by atoms with E-state index in [4.69, 9.17) is 10.2 Å². The number of aromatic nitrogens is 2. The Kier molecular flexibility index (Phi) is 2.22. The molecule has 2 aromatic heterocycles. The summed E-state index contributed by atoms with van der Waals surface area (Å²) < 4.78 is 0. The van der Waals surface area contributed by atoms with Crippen LogP contribution in [0.25, 0.3) is 10.2 Å². The molecule has 0 aliphatic heterocycles. The van der Waals surface area contributed by atoms with Gasteiger partial charge in [-0.25, -0.2) is 0 Å². The molecule has 5 heteroatoms. The van der Waals surface area contributed by atoms with Gasteiger partial charge in [-0.1, -0.05) is 0 Å². The molecule has 14 heavy (non-hydrogen) atoms. The van der Waals surface area contributed by atoms with Crippen molar-refractivity contribution in [1.82, 2.24) is 10.2 Å². The summed E-state index contributed by atoms with van der Waals surface area (Å²) in [6, 6.07) is 1.75. The zero-order valence-electron chi connectivity index (χ0n) is 7.85. The highest BCUT2D eigenvalue weighted by Gasteiger charge is 2.11. The monoisotopic (exact) mass is 210 g/mol. The van der Waals surface area contributed by atoms with Crippen molar-refractivity contribution in [2.45, 2.75) is 20.1 Å². The van der Waals surface area contributed by atoms with Crippen LogP contribution in [0.5, 0.6) is 0 Å². The lowest BCUT2D eigenvalue weighted by molar-refractivity contribution is -0.0394. The fourth-order valence-corrected chi connectivity index (χ4v) is 2.17. The zero-order valence-corrected chi connectivity index (χ0v) is 8.67. The number of thiophene rings is 1. The van der Waals surface area contributed by atoms with Crippen molar-refractivity contribution < 1.29 is 10.2 Å². The van der Waals surface area contributed by atoms with Crippen molar-refractivity contribution in [3.05, 3.63) is 22.2 Å². The molecule has 0 atom stereocenters. The standard InChI is InChI=1S/C9H10N2O2S/c1-4-5(2)10-11-8-6(4)3-7(14-8)9(12)13/h3,9,12-13H,1-2H3. The van der Waals surface area contributed by atoms with E-state index in [1.165, 1.54) is 11.3 Å². The Morgan fingerprint density at radius 2 is 2.00 bits per heavy atom. The maximum Gasteiger partial charge on any atom is 0.188 e. The summed E-state index contributed by atoms with van der Waals surface area (Å²) in [6.07, 6.45) is -1.42. The van der Waals surface area contributed by atoms with E-state index < -0.39 is 6.29 Å². The summed E-state index contributed by atoms with van der Waals surface area (Å²) >= 11 is 1.25. The predicted molar refractivity (Wildman–Crippen MR) is 54.1 cm³/mol. The van der Waals surface area contributed by atoms with Crippen molar-refractivity contribution in [1.29, 1.82) is 0 Å². The lowest BCUT2D eigenvalue weighted by Crippen LogP contribution is -1.90. The number of fused-ring (bicyclic) bond motifs is 1. The van der Waals surface area contributed by atoms with E-state index in [9.17, 15) is 0 Å². The highest BCUT2D eigenvalue weighted by atomic mass is 32.1. The molecule has 2 N–H and O–H groups in total. The molecule has 2 rings (SSSR count). The van der Waals surface area contributed by atoms with Gasteiger partial charge in [-0.3, -0.25) is 0 Å². The first-order valence-corrected chi connectivity index (χ1v) is 5.00. The molecule has 4 nitrogen and oxygen atoms in total. The predicted octanol–water partition coefficient (Wildman–Crippen LogP) is 1.29. The van der Waals surface area contributed by atoms with Gasteiger partial charge in [0, 0.05) is 5.39 Å². The molecule has 2 aromatic rings. The molecule has 0 amide bonds. The topological polar surface area (TPSA) is 66.2 Å². The molecule has 0 aromatic carbocycles. The van der Waals surface area contributed by atoms with Crippen LogP contribution in [-0.4, -0.2) is 20.4 Å². The van der Waals surface area contributed by atoms with Gasteiger partial charge in [-0.2, -0.15) is 5.10 Å². The summed E-state index contributed by atoms with van der Waals surface area (Å²) in [5.74, 6) is 0. The third-order valence-electron chi connectivity index (χ3n) is 2.22. The Balaban J connectivity index is 2.71. The van der Waals surface area contributed by atoms with Gasteiger partial charge < -0.3 is 10.2 Å². The molecule has 74 valence electrons. The average Bonchev–Trinajstić information content (AvgIpc) is 2.56. The second-order valence-corrected chi connectivity index (χ2v) is 4.21. The van der Waals surface area contributed by atoms with Gasteiger partial charge in [-0.15, -0.1) is 16.4 Å². The van der Waals surface area contributed by atoms with Crippen molar-refractivity contribution in [2.75, 3.05) is 0 Å². The maximum atomic E-state index is 9.00. The van der Waals surface area contributed by atoms with E-state index in [1.807, 2.05) is 13.8 Å². The number of nitrogens with zero attached hydrogens (tertiary/aromatic N) is 2. The number of hydrogen-bond acceptors (Lipinski definition) is 5. The number of aryl methyl sites for hydroxylation is 2. The molecule has 2 heterocycles. The minimum atomic E-state index is -1.42. The van der Waals surface area contributed by atoms with Crippen LogP contribution in [0, 0.1) is 13.8 Å². The molecule has 0 saturated carbocycles. The van der Waals surface area contributed by atoms with Crippen LogP contribution < -0.4 is 0 Å². The van der Waals surface area contributed by atoms with Crippen LogP contribution in [0.2, 0.25) is 0 Å². The lowest BCUT2D eigenvalue weighted by Gasteiger charge is -1.97. The first-order chi connectivity index (χ1) is 6.59. The molecular formula is C9H10N2O2S. The minimum absolute atomic E-state index is 0.503. The third kappa shape index (κ3) is 1.39. The first-order valence-electron chi connectivity index (χ1n) is 4.19. The lowest BCUT2D eigenvalue weighted by atomic mass is 10.2. The van der Waals surface area contributed by atoms with Crippen molar-refractivity contribution in [3.63, 3.8) is 0 Å². The van der Waals surface area contributed by atoms with Gasteiger partial charge in [0.05, 0.1) is 10.6 Å². The van der Waals surface area contributed by atoms with E-state index in [0.29, 0.717) is 4.88 Å². The van der Waals surface area contributed by atoms with E-state index in [2.05, 4.69) is 10.2 Å². The number of aliphatic hydroxyl groups excluding tert-OH is 1. The highest BCUT2D eigenvalue weighted by molar-refractivity contribution is 7.18. The molecular weight excluding hydrogens is 200 g/mol. The quantitative estimate of drug-likeness (QED) is 0.696. The summed E-state index contributed by atoms with van der Waals surface area (Å²) in [5.41, 5.74) is 1.91. The van der Waals surface area contributed by atoms with Gasteiger partial charge in [0.25, 0.3) is 0 Å². The normalized spacial score (nSPS) is 11.5. The van der Waals surface area contributed by atoms with Gasteiger partial charge in [-0.05, 0) is 25.5 Å². The fraction of sp³-hybridized carbons (Fsp3) is 0.333. The molecule has 0 fully saturated rings. The second kappa shape index (κ2) is 3.27. The van der Waals surface area contributed by atoms with Crippen LogP contribution in [-0.2, 0) is 0 Å². The van der Waals surface area contributed by atoms with Crippen molar-refractivity contribution in [3.8, 4) is 0 Å². The van der Waals surface area contributed by atoms with Crippen LogP contribution in [0.15, 0.2) is 6.07 Å². The van der Waals surface area contributed by atoms with Crippen molar-refractivity contribution in [2.24, 2.45) is 0 Å². The molecule has 0 radical (unpaired) electrons. The fourth-order valence-electron chi connectivity index (χ4n) is 1.26. The van der Waals surface area contributed by atoms with Crippen molar-refractivity contribution >= 4 is 21.6 Å². The molecule has 0 aliphatic rings. The first kappa shape index (κ1) is 9.51. The number of rotatable bonds is 1. The number of hydrogen-bond donors (Lipinski definition) is 2. The Bertz CT molecular complexity index is 479. The zero-order chi connectivity index (χ0) is 10.3.